The van der Waals surface area contributed by atoms with Gasteiger partial charge in [0.15, 0.2) is 0 Å². The SMILES string of the molecule is COc1ccc(CSCC(=O)N(Cc2ccccc2)C(C)C(=O)NC(C)(C)C)cc1. The molecule has 0 aliphatic rings. The highest BCUT2D eigenvalue weighted by Gasteiger charge is 2.28. The van der Waals surface area contributed by atoms with Crippen molar-refractivity contribution in [1.82, 2.24) is 10.2 Å². The number of nitrogens with zero attached hydrogens (tertiary/aromatic N) is 1. The summed E-state index contributed by atoms with van der Waals surface area (Å²) >= 11 is 1.55. The maximum atomic E-state index is 13.1. The number of rotatable bonds is 9. The fraction of sp³-hybridized carbons (Fsp3) is 0.417. The van der Waals surface area contributed by atoms with Crippen LogP contribution in [0.3, 0.4) is 0 Å². The minimum absolute atomic E-state index is 0.0473. The van der Waals surface area contributed by atoms with E-state index in [2.05, 4.69) is 5.32 Å². The highest BCUT2D eigenvalue weighted by molar-refractivity contribution is 7.99. The Labute approximate surface area is 184 Å². The Morgan fingerprint density at radius 1 is 1.03 bits per heavy atom. The van der Waals surface area contributed by atoms with Crippen molar-refractivity contribution >= 4 is 23.6 Å². The fourth-order valence-corrected chi connectivity index (χ4v) is 3.77. The zero-order chi connectivity index (χ0) is 22.1. The van der Waals surface area contributed by atoms with E-state index in [1.165, 1.54) is 0 Å². The Hall–Kier alpha value is -2.47. The number of benzene rings is 2. The van der Waals surface area contributed by atoms with Crippen LogP contribution in [0.4, 0.5) is 0 Å². The minimum Gasteiger partial charge on any atom is -0.497 e. The molecule has 0 radical (unpaired) electrons. The van der Waals surface area contributed by atoms with Crippen molar-refractivity contribution in [2.24, 2.45) is 0 Å². The van der Waals surface area contributed by atoms with E-state index >= 15 is 0 Å². The van der Waals surface area contributed by atoms with Crippen molar-refractivity contribution in [2.45, 2.75) is 51.6 Å². The lowest BCUT2D eigenvalue weighted by atomic mass is 10.1. The van der Waals surface area contributed by atoms with Gasteiger partial charge in [-0.2, -0.15) is 0 Å². The predicted molar refractivity (Wildman–Crippen MR) is 124 cm³/mol. The molecule has 0 heterocycles. The quantitative estimate of drug-likeness (QED) is 0.648. The number of hydrogen-bond donors (Lipinski definition) is 1. The van der Waals surface area contributed by atoms with E-state index in [1.54, 1.807) is 30.7 Å². The smallest absolute Gasteiger partial charge is 0.242 e. The van der Waals surface area contributed by atoms with Crippen LogP contribution in [0.25, 0.3) is 0 Å². The van der Waals surface area contributed by atoms with Crippen LogP contribution in [0, 0.1) is 0 Å². The first-order chi connectivity index (χ1) is 14.2. The van der Waals surface area contributed by atoms with Gasteiger partial charge in [0.05, 0.1) is 12.9 Å². The van der Waals surface area contributed by atoms with Crippen LogP contribution in [0.15, 0.2) is 54.6 Å². The van der Waals surface area contributed by atoms with Crippen LogP contribution >= 0.6 is 11.8 Å². The van der Waals surface area contributed by atoms with E-state index in [-0.39, 0.29) is 17.4 Å². The molecule has 30 heavy (non-hydrogen) atoms. The molecule has 2 aromatic carbocycles. The number of ether oxygens (including phenoxy) is 1. The number of carbonyl (C=O) groups is 2. The molecule has 1 unspecified atom stereocenters. The molecule has 2 aromatic rings. The lowest BCUT2D eigenvalue weighted by Crippen LogP contribution is -2.52. The highest BCUT2D eigenvalue weighted by atomic mass is 32.2. The second-order valence-electron chi connectivity index (χ2n) is 8.26. The van der Waals surface area contributed by atoms with Gasteiger partial charge in [-0.3, -0.25) is 9.59 Å². The Kier molecular flexibility index (Phi) is 8.78. The molecule has 0 spiro atoms. The van der Waals surface area contributed by atoms with Crippen LogP contribution in [0.2, 0.25) is 0 Å². The summed E-state index contributed by atoms with van der Waals surface area (Å²) in [6.45, 7) is 8.00. The van der Waals surface area contributed by atoms with Crippen molar-refractivity contribution in [3.05, 3.63) is 65.7 Å². The highest BCUT2D eigenvalue weighted by Crippen LogP contribution is 2.18. The average Bonchev–Trinajstić information content (AvgIpc) is 2.71. The van der Waals surface area contributed by atoms with E-state index in [9.17, 15) is 9.59 Å². The van der Waals surface area contributed by atoms with Crippen LogP contribution in [0.1, 0.15) is 38.8 Å². The van der Waals surface area contributed by atoms with Gasteiger partial charge in [-0.1, -0.05) is 42.5 Å². The molecule has 2 rings (SSSR count). The lowest BCUT2D eigenvalue weighted by molar-refractivity contribution is -0.139. The Morgan fingerprint density at radius 3 is 2.23 bits per heavy atom. The van der Waals surface area contributed by atoms with Gasteiger partial charge in [0.25, 0.3) is 0 Å². The summed E-state index contributed by atoms with van der Waals surface area (Å²) in [5.74, 6) is 1.65. The fourth-order valence-electron chi connectivity index (χ4n) is 2.90. The van der Waals surface area contributed by atoms with Crippen molar-refractivity contribution in [2.75, 3.05) is 12.9 Å². The van der Waals surface area contributed by atoms with Crippen molar-refractivity contribution in [3.8, 4) is 5.75 Å². The molecule has 2 amide bonds. The molecule has 0 bridgehead atoms. The first kappa shape index (κ1) is 23.8. The number of nitrogens with one attached hydrogen (secondary N) is 1. The molecule has 5 nitrogen and oxygen atoms in total. The minimum atomic E-state index is -0.557. The number of thioether (sulfide) groups is 1. The summed E-state index contributed by atoms with van der Waals surface area (Å²) < 4.78 is 5.18. The van der Waals surface area contributed by atoms with Gasteiger partial charge < -0.3 is 15.0 Å². The van der Waals surface area contributed by atoms with Crippen LogP contribution in [-0.4, -0.2) is 41.2 Å². The molecule has 6 heteroatoms. The summed E-state index contributed by atoms with van der Waals surface area (Å²) in [5, 5.41) is 2.98. The first-order valence-electron chi connectivity index (χ1n) is 10.1. The second kappa shape index (κ2) is 11.1. The predicted octanol–water partition coefficient (Wildman–Crippen LogP) is 4.26. The number of methoxy groups -OCH3 is 1. The largest absolute Gasteiger partial charge is 0.497 e. The number of hydrogen-bond acceptors (Lipinski definition) is 4. The maximum Gasteiger partial charge on any atom is 0.242 e. The Bertz CT molecular complexity index is 817. The van der Waals surface area contributed by atoms with Crippen LogP contribution in [-0.2, 0) is 21.9 Å². The van der Waals surface area contributed by atoms with Crippen molar-refractivity contribution in [3.63, 3.8) is 0 Å². The molecular formula is C24H32N2O3S. The topological polar surface area (TPSA) is 58.6 Å². The van der Waals surface area contributed by atoms with E-state index < -0.39 is 6.04 Å². The standard InChI is InChI=1S/C24H32N2O3S/c1-18(23(28)25-24(2,3)4)26(15-19-9-7-6-8-10-19)22(27)17-30-16-20-11-13-21(29-5)14-12-20/h6-14,18H,15-17H2,1-5H3,(H,25,28). The van der Waals surface area contributed by atoms with Crippen LogP contribution < -0.4 is 10.1 Å². The molecular weight excluding hydrogens is 396 g/mol. The zero-order valence-electron chi connectivity index (χ0n) is 18.5. The van der Waals surface area contributed by atoms with Gasteiger partial charge in [-0.05, 0) is 51.0 Å². The summed E-state index contributed by atoms with van der Waals surface area (Å²) in [6.07, 6.45) is 0. The third-order valence-corrected chi connectivity index (χ3v) is 5.50. The maximum absolute atomic E-state index is 13.1. The van der Waals surface area contributed by atoms with E-state index in [0.717, 1.165) is 22.6 Å². The third kappa shape index (κ3) is 7.75. The summed E-state index contributed by atoms with van der Waals surface area (Å²) in [5.41, 5.74) is 1.78. The summed E-state index contributed by atoms with van der Waals surface area (Å²) in [7, 11) is 1.64. The number of carbonyl (C=O) groups excluding carboxylic acids is 2. The second-order valence-corrected chi connectivity index (χ2v) is 9.25. The van der Waals surface area contributed by atoms with Gasteiger partial charge >= 0.3 is 0 Å². The first-order valence-corrected chi connectivity index (χ1v) is 11.2. The van der Waals surface area contributed by atoms with E-state index in [4.69, 9.17) is 4.74 Å². The molecule has 0 saturated heterocycles. The van der Waals surface area contributed by atoms with Gasteiger partial charge in [-0.25, -0.2) is 0 Å². The lowest BCUT2D eigenvalue weighted by Gasteiger charge is -2.31. The Balaban J connectivity index is 2.04. The summed E-state index contributed by atoms with van der Waals surface area (Å²) in [4.78, 5) is 27.4. The average molecular weight is 429 g/mol. The number of amides is 2. The normalized spacial score (nSPS) is 12.2. The molecule has 0 aliphatic heterocycles. The van der Waals surface area contributed by atoms with Crippen molar-refractivity contribution in [1.29, 1.82) is 0 Å². The van der Waals surface area contributed by atoms with E-state index in [1.807, 2.05) is 75.4 Å². The molecule has 0 saturated carbocycles. The van der Waals surface area contributed by atoms with Gasteiger partial charge in [0.2, 0.25) is 11.8 Å². The molecule has 0 fully saturated rings. The van der Waals surface area contributed by atoms with Crippen LogP contribution in [0.5, 0.6) is 5.75 Å². The molecule has 0 aromatic heterocycles. The molecule has 1 atom stereocenters. The van der Waals surface area contributed by atoms with Gasteiger partial charge in [0, 0.05) is 17.8 Å². The van der Waals surface area contributed by atoms with Gasteiger partial charge in [0.1, 0.15) is 11.8 Å². The van der Waals surface area contributed by atoms with Crippen molar-refractivity contribution < 1.29 is 14.3 Å². The molecule has 162 valence electrons. The summed E-state index contributed by atoms with van der Waals surface area (Å²) in [6, 6.07) is 17.0. The van der Waals surface area contributed by atoms with Gasteiger partial charge in [-0.15, -0.1) is 11.8 Å². The molecule has 1 N–H and O–H groups in total. The third-order valence-electron chi connectivity index (χ3n) is 4.51. The molecule has 0 aliphatic carbocycles. The zero-order valence-corrected chi connectivity index (χ0v) is 19.3. The van der Waals surface area contributed by atoms with E-state index in [0.29, 0.717) is 12.3 Å². The monoisotopic (exact) mass is 428 g/mol. The Morgan fingerprint density at radius 2 is 1.67 bits per heavy atom.